The number of aliphatic hydroxyl groups excluding tert-OH is 1. The Morgan fingerprint density at radius 3 is 2.44 bits per heavy atom. The summed E-state index contributed by atoms with van der Waals surface area (Å²) in [7, 11) is 2.18. The van der Waals surface area contributed by atoms with Crippen molar-refractivity contribution in [3.63, 3.8) is 0 Å². The Balaban J connectivity index is 1.69. The summed E-state index contributed by atoms with van der Waals surface area (Å²) in [5, 5.41) is 14.1. The molecular weight excluding hydrogens is 226 g/mol. The third-order valence-corrected chi connectivity index (χ3v) is 4.04. The van der Waals surface area contributed by atoms with Crippen LogP contribution in [0, 0.1) is 0 Å². The van der Waals surface area contributed by atoms with E-state index in [-0.39, 0.29) is 6.61 Å². The van der Waals surface area contributed by atoms with Gasteiger partial charge in [0.05, 0.1) is 6.61 Å². The predicted molar refractivity (Wildman–Crippen MR) is 70.7 cm³/mol. The summed E-state index contributed by atoms with van der Waals surface area (Å²) in [4.78, 5) is 2.38. The summed E-state index contributed by atoms with van der Waals surface area (Å²) in [5.74, 6) is 0. The van der Waals surface area contributed by atoms with Crippen molar-refractivity contribution in [2.45, 2.75) is 19.7 Å². The molecule has 2 heterocycles. The van der Waals surface area contributed by atoms with Crippen molar-refractivity contribution in [2.24, 2.45) is 0 Å². The molecule has 0 aliphatic carbocycles. The number of fused-ring (bicyclic) bond motifs is 1. The standard InChI is InChI=1S/C14H21N3O/c1-15-4-6-16(7-5-15)17-9-13-3-2-12(11-18)8-14(13)10-17/h2-3,8,18H,4-7,9-11H2,1H3. The van der Waals surface area contributed by atoms with Crippen LogP contribution < -0.4 is 0 Å². The molecule has 0 aromatic heterocycles. The topological polar surface area (TPSA) is 30.0 Å². The smallest absolute Gasteiger partial charge is 0.0681 e. The molecule has 1 aromatic carbocycles. The molecule has 3 rings (SSSR count). The molecule has 0 spiro atoms. The number of hydrogen-bond donors (Lipinski definition) is 1. The lowest BCUT2D eigenvalue weighted by Crippen LogP contribution is -2.50. The lowest BCUT2D eigenvalue weighted by Gasteiger charge is -2.38. The highest BCUT2D eigenvalue weighted by Gasteiger charge is 2.26. The molecule has 4 nitrogen and oxygen atoms in total. The van der Waals surface area contributed by atoms with Gasteiger partial charge in [0, 0.05) is 39.3 Å². The minimum absolute atomic E-state index is 0.141. The van der Waals surface area contributed by atoms with Crippen molar-refractivity contribution in [3.8, 4) is 0 Å². The molecule has 2 aliphatic rings. The molecule has 1 N–H and O–H groups in total. The summed E-state index contributed by atoms with van der Waals surface area (Å²) >= 11 is 0. The van der Waals surface area contributed by atoms with Crippen LogP contribution in [0.2, 0.25) is 0 Å². The Morgan fingerprint density at radius 2 is 1.72 bits per heavy atom. The number of aliphatic hydroxyl groups is 1. The highest BCUT2D eigenvalue weighted by molar-refractivity contribution is 5.34. The second-order valence-corrected chi connectivity index (χ2v) is 5.34. The highest BCUT2D eigenvalue weighted by atomic mass is 16.3. The molecule has 0 saturated carbocycles. The number of nitrogens with zero attached hydrogens (tertiary/aromatic N) is 3. The number of likely N-dealkylation sites (N-methyl/N-ethyl adjacent to an activating group) is 1. The molecule has 0 unspecified atom stereocenters. The van der Waals surface area contributed by atoms with E-state index in [0.29, 0.717) is 0 Å². The fourth-order valence-corrected chi connectivity index (χ4v) is 2.81. The minimum Gasteiger partial charge on any atom is -0.392 e. The van der Waals surface area contributed by atoms with Crippen LogP contribution in [0.4, 0.5) is 0 Å². The molecule has 0 atom stereocenters. The van der Waals surface area contributed by atoms with Crippen molar-refractivity contribution in [2.75, 3.05) is 33.2 Å². The minimum atomic E-state index is 0.141. The van der Waals surface area contributed by atoms with Crippen LogP contribution in [0.15, 0.2) is 18.2 Å². The quantitative estimate of drug-likeness (QED) is 0.831. The Hall–Kier alpha value is -0.940. The van der Waals surface area contributed by atoms with E-state index >= 15 is 0 Å². The van der Waals surface area contributed by atoms with E-state index in [9.17, 15) is 5.11 Å². The second-order valence-electron chi connectivity index (χ2n) is 5.34. The van der Waals surface area contributed by atoms with E-state index in [1.165, 1.54) is 11.1 Å². The molecule has 0 bridgehead atoms. The zero-order valence-electron chi connectivity index (χ0n) is 11.0. The third-order valence-electron chi connectivity index (χ3n) is 4.04. The summed E-state index contributed by atoms with van der Waals surface area (Å²) in [6, 6.07) is 6.34. The van der Waals surface area contributed by atoms with Crippen LogP contribution in [0.5, 0.6) is 0 Å². The lowest BCUT2D eigenvalue weighted by atomic mass is 10.1. The molecule has 0 amide bonds. The van der Waals surface area contributed by atoms with Gasteiger partial charge in [0.15, 0.2) is 0 Å². The Labute approximate surface area is 108 Å². The van der Waals surface area contributed by atoms with Gasteiger partial charge in [-0.25, -0.2) is 10.0 Å². The first-order valence-corrected chi connectivity index (χ1v) is 6.66. The molecule has 1 saturated heterocycles. The SMILES string of the molecule is CN1CCN(N2Cc3ccc(CO)cc3C2)CC1. The fourth-order valence-electron chi connectivity index (χ4n) is 2.81. The van der Waals surface area contributed by atoms with Crippen LogP contribution in [0.25, 0.3) is 0 Å². The zero-order valence-corrected chi connectivity index (χ0v) is 11.0. The Morgan fingerprint density at radius 1 is 1.00 bits per heavy atom. The maximum atomic E-state index is 9.18. The third kappa shape index (κ3) is 2.29. The number of benzene rings is 1. The fraction of sp³-hybridized carbons (Fsp3) is 0.571. The van der Waals surface area contributed by atoms with E-state index in [1.54, 1.807) is 0 Å². The summed E-state index contributed by atoms with van der Waals surface area (Å²) < 4.78 is 0. The van der Waals surface area contributed by atoms with Gasteiger partial charge in [-0.15, -0.1) is 0 Å². The van der Waals surface area contributed by atoms with Crippen LogP contribution in [-0.4, -0.2) is 53.3 Å². The Kier molecular flexibility index (Phi) is 3.35. The molecular formula is C14H21N3O. The van der Waals surface area contributed by atoms with Crippen LogP contribution in [0.3, 0.4) is 0 Å². The van der Waals surface area contributed by atoms with Crippen molar-refractivity contribution in [1.29, 1.82) is 0 Å². The van der Waals surface area contributed by atoms with E-state index < -0.39 is 0 Å². The van der Waals surface area contributed by atoms with Crippen LogP contribution >= 0.6 is 0 Å². The first-order valence-electron chi connectivity index (χ1n) is 6.66. The van der Waals surface area contributed by atoms with E-state index in [2.05, 4.69) is 34.1 Å². The summed E-state index contributed by atoms with van der Waals surface area (Å²) in [6.07, 6.45) is 0. The maximum Gasteiger partial charge on any atom is 0.0681 e. The van der Waals surface area contributed by atoms with Crippen molar-refractivity contribution < 1.29 is 5.11 Å². The first kappa shape index (κ1) is 12.1. The number of hydrogen-bond acceptors (Lipinski definition) is 4. The first-order chi connectivity index (χ1) is 8.76. The van der Waals surface area contributed by atoms with Crippen LogP contribution in [-0.2, 0) is 19.7 Å². The Bertz CT molecular complexity index is 427. The average Bonchev–Trinajstić information content (AvgIpc) is 2.82. The van der Waals surface area contributed by atoms with Gasteiger partial charge in [-0.1, -0.05) is 18.2 Å². The molecule has 98 valence electrons. The summed E-state index contributed by atoms with van der Waals surface area (Å²) in [6.45, 7) is 6.69. The van der Waals surface area contributed by atoms with Gasteiger partial charge in [-0.2, -0.15) is 0 Å². The number of hydrazine groups is 1. The molecule has 4 heteroatoms. The predicted octanol–water partition coefficient (Wildman–Crippen LogP) is 0.657. The van der Waals surface area contributed by atoms with Crippen molar-refractivity contribution in [1.82, 2.24) is 14.9 Å². The van der Waals surface area contributed by atoms with Gasteiger partial charge in [-0.05, 0) is 23.7 Å². The zero-order chi connectivity index (χ0) is 12.5. The maximum absolute atomic E-state index is 9.18. The number of piperazine rings is 1. The van der Waals surface area contributed by atoms with Gasteiger partial charge in [0.1, 0.15) is 0 Å². The van der Waals surface area contributed by atoms with Gasteiger partial charge in [-0.3, -0.25) is 0 Å². The highest BCUT2D eigenvalue weighted by Crippen LogP contribution is 2.25. The van der Waals surface area contributed by atoms with Gasteiger partial charge in [0.2, 0.25) is 0 Å². The lowest BCUT2D eigenvalue weighted by molar-refractivity contribution is -0.0581. The number of rotatable bonds is 2. The molecule has 2 aliphatic heterocycles. The van der Waals surface area contributed by atoms with Crippen LogP contribution in [0.1, 0.15) is 16.7 Å². The monoisotopic (exact) mass is 247 g/mol. The van der Waals surface area contributed by atoms with Crippen molar-refractivity contribution in [3.05, 3.63) is 34.9 Å². The van der Waals surface area contributed by atoms with Crippen molar-refractivity contribution >= 4 is 0 Å². The van der Waals surface area contributed by atoms with E-state index in [0.717, 1.165) is 44.8 Å². The van der Waals surface area contributed by atoms with E-state index in [1.807, 2.05) is 6.07 Å². The normalized spacial score (nSPS) is 22.3. The van der Waals surface area contributed by atoms with Gasteiger partial charge < -0.3 is 10.0 Å². The molecule has 0 radical (unpaired) electrons. The summed E-state index contributed by atoms with van der Waals surface area (Å²) in [5.41, 5.74) is 3.81. The molecule has 1 fully saturated rings. The molecule has 1 aromatic rings. The average molecular weight is 247 g/mol. The van der Waals surface area contributed by atoms with Gasteiger partial charge >= 0.3 is 0 Å². The van der Waals surface area contributed by atoms with E-state index in [4.69, 9.17) is 0 Å². The van der Waals surface area contributed by atoms with Gasteiger partial charge in [0.25, 0.3) is 0 Å². The largest absolute Gasteiger partial charge is 0.392 e. The second kappa shape index (κ2) is 4.97. The molecule has 18 heavy (non-hydrogen) atoms.